The van der Waals surface area contributed by atoms with Gasteiger partial charge < -0.3 is 0 Å². The third kappa shape index (κ3) is 6.08. The van der Waals surface area contributed by atoms with Gasteiger partial charge in [-0.2, -0.15) is 61.5 Å². The van der Waals surface area contributed by atoms with Crippen LogP contribution in [0.25, 0.3) is 41.8 Å². The molecule has 0 radical (unpaired) electrons. The van der Waals surface area contributed by atoms with Crippen molar-refractivity contribution in [2.24, 2.45) is 0 Å². The van der Waals surface area contributed by atoms with E-state index in [0.29, 0.717) is 66.0 Å². The van der Waals surface area contributed by atoms with Crippen LogP contribution in [0.3, 0.4) is 0 Å². The molecule has 0 nitrogen and oxygen atoms in total. The first-order chi connectivity index (χ1) is 22.1. The molecule has 5 aromatic rings. The molecular formula is C32H16F14S2. The normalized spacial score (nSPS) is 13.6. The maximum Gasteiger partial charge on any atom is 0.460 e. The average molecular weight is 731 g/mol. The summed E-state index contributed by atoms with van der Waals surface area (Å²) in [6.07, 6.45) is -12.9. The Hall–Kier alpha value is -3.92. The maximum atomic E-state index is 14.0. The van der Waals surface area contributed by atoms with Crippen molar-refractivity contribution in [3.05, 3.63) is 108 Å². The Bertz CT molecular complexity index is 1740. The Morgan fingerprint density at radius 3 is 0.708 bits per heavy atom. The molecule has 0 N–H and O–H groups in total. The lowest BCUT2D eigenvalue weighted by atomic mass is 10.00. The van der Waals surface area contributed by atoms with Gasteiger partial charge >= 0.3 is 36.0 Å². The number of thiophene rings is 2. The highest BCUT2D eigenvalue weighted by atomic mass is 32.1. The largest absolute Gasteiger partial charge is 0.460 e. The van der Waals surface area contributed by atoms with E-state index < -0.39 is 47.2 Å². The number of alkyl halides is 14. The van der Waals surface area contributed by atoms with Gasteiger partial charge in [-0.05, 0) is 46.5 Å². The van der Waals surface area contributed by atoms with E-state index in [4.69, 9.17) is 0 Å². The Balaban J connectivity index is 1.30. The molecule has 0 aliphatic carbocycles. The summed E-state index contributed by atoms with van der Waals surface area (Å²) in [5.41, 5.74) is -0.966. The minimum absolute atomic E-state index is 0.301. The minimum atomic E-state index is -6.45. The molecule has 3 aromatic carbocycles. The molecule has 0 spiro atoms. The summed E-state index contributed by atoms with van der Waals surface area (Å²) in [5.74, 6) is -23.5. The molecule has 0 aliphatic heterocycles. The lowest BCUT2D eigenvalue weighted by molar-refractivity contribution is -0.359. The number of rotatable bonds is 8. The van der Waals surface area contributed by atoms with Crippen molar-refractivity contribution >= 4 is 22.7 Å². The topological polar surface area (TPSA) is 0 Å². The molecule has 48 heavy (non-hydrogen) atoms. The molecular weight excluding hydrogens is 714 g/mol. The van der Waals surface area contributed by atoms with E-state index in [2.05, 4.69) is 0 Å². The second-order valence-corrected chi connectivity index (χ2v) is 12.5. The van der Waals surface area contributed by atoms with Gasteiger partial charge in [0, 0.05) is 30.6 Å². The molecule has 0 saturated heterocycles. The van der Waals surface area contributed by atoms with Gasteiger partial charge in [-0.1, -0.05) is 72.8 Å². The van der Waals surface area contributed by atoms with Crippen molar-refractivity contribution in [3.63, 3.8) is 0 Å². The highest BCUT2D eigenvalue weighted by molar-refractivity contribution is 7.19. The van der Waals surface area contributed by atoms with E-state index >= 15 is 0 Å². The summed E-state index contributed by atoms with van der Waals surface area (Å²) < 4.78 is 185. The van der Waals surface area contributed by atoms with Crippen LogP contribution < -0.4 is 0 Å². The Morgan fingerprint density at radius 2 is 0.500 bits per heavy atom. The lowest BCUT2D eigenvalue weighted by Crippen LogP contribution is -2.49. The molecule has 16 heteroatoms. The lowest BCUT2D eigenvalue weighted by Gasteiger charge is -2.28. The van der Waals surface area contributed by atoms with Crippen molar-refractivity contribution in [2.45, 2.75) is 36.0 Å². The van der Waals surface area contributed by atoms with Gasteiger partial charge in [0.15, 0.2) is 0 Å². The van der Waals surface area contributed by atoms with Gasteiger partial charge in [0.1, 0.15) is 0 Å². The summed E-state index contributed by atoms with van der Waals surface area (Å²) in [6, 6.07) is 19.7. The molecule has 0 fully saturated rings. The van der Waals surface area contributed by atoms with E-state index in [1.807, 2.05) is 0 Å². The van der Waals surface area contributed by atoms with Gasteiger partial charge in [0.25, 0.3) is 0 Å². The van der Waals surface area contributed by atoms with Crippen LogP contribution in [0.5, 0.6) is 0 Å². The predicted octanol–water partition coefficient (Wildman–Crippen LogP) is 13.1. The third-order valence-electron chi connectivity index (χ3n) is 7.23. The smallest absolute Gasteiger partial charge is 0.194 e. The van der Waals surface area contributed by atoms with Crippen molar-refractivity contribution in [2.75, 3.05) is 0 Å². The highest BCUT2D eigenvalue weighted by Crippen LogP contribution is 2.53. The summed E-state index contributed by atoms with van der Waals surface area (Å²) >= 11 is 2.39. The molecule has 0 unspecified atom stereocenters. The van der Waals surface area contributed by atoms with Crippen molar-refractivity contribution in [1.82, 2.24) is 0 Å². The van der Waals surface area contributed by atoms with E-state index in [0.717, 1.165) is 24.3 Å². The van der Waals surface area contributed by atoms with Crippen LogP contribution in [0, 0.1) is 0 Å². The van der Waals surface area contributed by atoms with Gasteiger partial charge in [-0.25, -0.2) is 0 Å². The molecule has 0 atom stereocenters. The highest BCUT2D eigenvalue weighted by Gasteiger charge is 2.74. The molecule has 254 valence electrons. The van der Waals surface area contributed by atoms with Crippen LogP contribution in [-0.4, -0.2) is 24.2 Å². The van der Waals surface area contributed by atoms with Crippen LogP contribution >= 0.6 is 22.7 Å². The van der Waals surface area contributed by atoms with Crippen LogP contribution in [0.2, 0.25) is 0 Å². The number of hydrogen-bond donors (Lipinski definition) is 0. The fraction of sp³-hybridized carbons (Fsp3) is 0.188. The minimum Gasteiger partial charge on any atom is -0.194 e. The summed E-state index contributed by atoms with van der Waals surface area (Å²) in [5, 5.41) is 0. The van der Waals surface area contributed by atoms with E-state index in [1.165, 1.54) is 22.7 Å². The summed E-state index contributed by atoms with van der Waals surface area (Å²) in [4.78, 5) is 2.43. The Morgan fingerprint density at radius 1 is 0.292 bits per heavy atom. The number of benzene rings is 3. The standard InChI is InChI=1S/C32H16F14S2/c33-27(34,29(37,38)31(41,42)43)21-9-5-19(6-10-21)25-15-13-23(47-25)17-1-2-18(4-3-17)24-14-16-26(48-24)20-7-11-22(12-8-20)28(35,36)30(39,40)32(44,45)46/h1-16H. The quantitative estimate of drug-likeness (QED) is 0.140. The Kier molecular flexibility index (Phi) is 8.77. The Labute approximate surface area is 269 Å². The van der Waals surface area contributed by atoms with Crippen molar-refractivity contribution in [3.8, 4) is 41.8 Å². The number of halogens is 14. The maximum absolute atomic E-state index is 14.0. The van der Waals surface area contributed by atoms with Crippen LogP contribution in [0.15, 0.2) is 97.1 Å². The van der Waals surface area contributed by atoms with E-state index in [1.54, 1.807) is 48.5 Å². The van der Waals surface area contributed by atoms with E-state index in [-0.39, 0.29) is 0 Å². The monoisotopic (exact) mass is 730 g/mol. The van der Waals surface area contributed by atoms with Crippen LogP contribution in [0.1, 0.15) is 11.1 Å². The second-order valence-electron chi connectivity index (χ2n) is 10.4. The van der Waals surface area contributed by atoms with Crippen molar-refractivity contribution < 1.29 is 61.5 Å². The summed E-state index contributed by atoms with van der Waals surface area (Å²) in [6.45, 7) is 0. The first-order valence-electron chi connectivity index (χ1n) is 13.2. The molecule has 0 saturated carbocycles. The molecule has 0 aliphatic rings. The first kappa shape index (κ1) is 35.4. The van der Waals surface area contributed by atoms with Gasteiger partial charge in [-0.15, -0.1) is 22.7 Å². The van der Waals surface area contributed by atoms with Crippen LogP contribution in [-0.2, 0) is 11.8 Å². The average Bonchev–Trinajstić information content (AvgIpc) is 3.71. The van der Waals surface area contributed by atoms with Gasteiger partial charge in [0.2, 0.25) is 0 Å². The van der Waals surface area contributed by atoms with Crippen molar-refractivity contribution in [1.29, 1.82) is 0 Å². The zero-order valence-electron chi connectivity index (χ0n) is 23.3. The number of hydrogen-bond acceptors (Lipinski definition) is 2. The third-order valence-corrected chi connectivity index (χ3v) is 9.60. The fourth-order valence-electron chi connectivity index (χ4n) is 4.50. The van der Waals surface area contributed by atoms with E-state index in [9.17, 15) is 61.5 Å². The predicted molar refractivity (Wildman–Crippen MR) is 154 cm³/mol. The molecule has 0 bridgehead atoms. The zero-order chi connectivity index (χ0) is 35.5. The first-order valence-corrected chi connectivity index (χ1v) is 14.9. The SMILES string of the molecule is FC(F)(F)C(F)(F)C(F)(F)c1ccc(-c2ccc(-c3ccc(-c4ccc(-c5ccc(C(F)(F)C(F)(F)C(F)(F)F)cc5)s4)cc3)s2)cc1. The molecule has 5 rings (SSSR count). The molecule has 2 aromatic heterocycles. The van der Waals surface area contributed by atoms with Gasteiger partial charge in [-0.3, -0.25) is 0 Å². The zero-order valence-corrected chi connectivity index (χ0v) is 25.0. The molecule has 0 amide bonds. The fourth-order valence-corrected chi connectivity index (χ4v) is 6.54. The summed E-state index contributed by atoms with van der Waals surface area (Å²) in [7, 11) is 0. The second kappa shape index (κ2) is 11.9. The van der Waals surface area contributed by atoms with Crippen LogP contribution in [0.4, 0.5) is 61.5 Å². The van der Waals surface area contributed by atoms with Gasteiger partial charge in [0.05, 0.1) is 0 Å². The molecule has 2 heterocycles.